The summed E-state index contributed by atoms with van der Waals surface area (Å²) in [6.45, 7) is 4.88. The van der Waals surface area contributed by atoms with E-state index >= 15 is 0 Å². The van der Waals surface area contributed by atoms with Gasteiger partial charge in [0.1, 0.15) is 5.75 Å². The van der Waals surface area contributed by atoms with Crippen molar-refractivity contribution in [2.24, 2.45) is 0 Å². The van der Waals surface area contributed by atoms with Gasteiger partial charge in [-0.15, -0.1) is 0 Å². The van der Waals surface area contributed by atoms with Crippen LogP contribution in [0.15, 0.2) is 18.2 Å². The highest BCUT2D eigenvalue weighted by atomic mass is 16.5. The average molecular weight is 247 g/mol. The van der Waals surface area contributed by atoms with Gasteiger partial charge in [0, 0.05) is 13.0 Å². The lowest BCUT2D eigenvalue weighted by atomic mass is 9.98. The number of carbonyl (C=O) groups is 1. The molecule has 18 heavy (non-hydrogen) atoms. The minimum Gasteiger partial charge on any atom is -0.496 e. The van der Waals surface area contributed by atoms with Crippen LogP contribution in [0.4, 0.5) is 0 Å². The predicted molar refractivity (Wildman–Crippen MR) is 71.7 cm³/mol. The Labute approximate surface area is 109 Å². The van der Waals surface area contributed by atoms with Crippen molar-refractivity contribution in [3.63, 3.8) is 0 Å². The molecule has 1 saturated heterocycles. The summed E-state index contributed by atoms with van der Waals surface area (Å²) in [4.78, 5) is 14.0. The Hall–Kier alpha value is -1.51. The first-order chi connectivity index (χ1) is 8.69. The molecule has 1 amide bonds. The molecule has 3 nitrogen and oxygen atoms in total. The molecule has 0 saturated carbocycles. The van der Waals surface area contributed by atoms with Crippen molar-refractivity contribution < 1.29 is 9.53 Å². The van der Waals surface area contributed by atoms with Crippen LogP contribution in [0.1, 0.15) is 43.4 Å². The number of nitrogens with zero attached hydrogens (tertiary/aromatic N) is 1. The van der Waals surface area contributed by atoms with Crippen LogP contribution in [-0.2, 0) is 4.79 Å². The largest absolute Gasteiger partial charge is 0.496 e. The van der Waals surface area contributed by atoms with Gasteiger partial charge in [-0.05, 0) is 37.0 Å². The SMILES string of the molecule is CCC(=O)N1CCCC1c1cccc(OC)c1C. The van der Waals surface area contributed by atoms with Crippen molar-refractivity contribution in [1.82, 2.24) is 4.90 Å². The Morgan fingerprint density at radius 2 is 2.28 bits per heavy atom. The van der Waals surface area contributed by atoms with E-state index in [1.807, 2.05) is 24.0 Å². The van der Waals surface area contributed by atoms with Crippen LogP contribution in [0.2, 0.25) is 0 Å². The van der Waals surface area contributed by atoms with Gasteiger partial charge in [0.15, 0.2) is 0 Å². The summed E-state index contributed by atoms with van der Waals surface area (Å²) in [5.74, 6) is 1.16. The number of amides is 1. The maximum absolute atomic E-state index is 12.0. The lowest BCUT2D eigenvalue weighted by Crippen LogP contribution is -2.30. The van der Waals surface area contributed by atoms with E-state index in [-0.39, 0.29) is 11.9 Å². The highest BCUT2D eigenvalue weighted by molar-refractivity contribution is 5.76. The molecule has 0 radical (unpaired) electrons. The first-order valence-corrected chi connectivity index (χ1v) is 6.62. The van der Waals surface area contributed by atoms with Crippen LogP contribution in [0.5, 0.6) is 5.75 Å². The Morgan fingerprint density at radius 3 is 2.94 bits per heavy atom. The van der Waals surface area contributed by atoms with Crippen LogP contribution in [-0.4, -0.2) is 24.5 Å². The summed E-state index contributed by atoms with van der Waals surface area (Å²) in [6.07, 6.45) is 2.73. The lowest BCUT2D eigenvalue weighted by Gasteiger charge is -2.26. The number of likely N-dealkylation sites (tertiary alicyclic amines) is 1. The molecule has 98 valence electrons. The normalized spacial score (nSPS) is 19.1. The quantitative estimate of drug-likeness (QED) is 0.821. The minimum atomic E-state index is 0.229. The van der Waals surface area contributed by atoms with Gasteiger partial charge >= 0.3 is 0 Å². The molecule has 0 N–H and O–H groups in total. The highest BCUT2D eigenvalue weighted by Crippen LogP contribution is 2.36. The second-order valence-corrected chi connectivity index (χ2v) is 4.77. The van der Waals surface area contributed by atoms with E-state index in [1.165, 1.54) is 5.56 Å². The first-order valence-electron chi connectivity index (χ1n) is 6.62. The van der Waals surface area contributed by atoms with Crippen LogP contribution in [0.25, 0.3) is 0 Å². The zero-order valence-electron chi connectivity index (χ0n) is 11.4. The molecule has 0 aliphatic carbocycles. The zero-order chi connectivity index (χ0) is 13.1. The molecule has 1 atom stereocenters. The Morgan fingerprint density at radius 1 is 1.50 bits per heavy atom. The van der Waals surface area contributed by atoms with E-state index < -0.39 is 0 Å². The third-order valence-corrected chi connectivity index (χ3v) is 3.78. The molecule has 1 aliphatic rings. The van der Waals surface area contributed by atoms with Gasteiger partial charge in [0.05, 0.1) is 13.2 Å². The second-order valence-electron chi connectivity index (χ2n) is 4.77. The molecular formula is C15H21NO2. The van der Waals surface area contributed by atoms with Gasteiger partial charge in [-0.25, -0.2) is 0 Å². The maximum atomic E-state index is 12.0. The molecule has 0 aromatic heterocycles. The topological polar surface area (TPSA) is 29.5 Å². The minimum absolute atomic E-state index is 0.229. The summed E-state index contributed by atoms with van der Waals surface area (Å²) >= 11 is 0. The van der Waals surface area contributed by atoms with Gasteiger partial charge < -0.3 is 9.64 Å². The lowest BCUT2D eigenvalue weighted by molar-refractivity contribution is -0.131. The van der Waals surface area contributed by atoms with Gasteiger partial charge in [-0.1, -0.05) is 19.1 Å². The van der Waals surface area contributed by atoms with Crippen LogP contribution in [0, 0.1) is 6.92 Å². The van der Waals surface area contributed by atoms with Crippen molar-refractivity contribution in [1.29, 1.82) is 0 Å². The smallest absolute Gasteiger partial charge is 0.222 e. The van der Waals surface area contributed by atoms with Crippen molar-refractivity contribution in [3.05, 3.63) is 29.3 Å². The van der Waals surface area contributed by atoms with Gasteiger partial charge in [-0.2, -0.15) is 0 Å². The fourth-order valence-corrected chi connectivity index (χ4v) is 2.81. The standard InChI is InChI=1S/C15H21NO2/c1-4-15(17)16-10-6-8-13(16)12-7-5-9-14(18-3)11(12)2/h5,7,9,13H,4,6,8,10H2,1-3H3. The number of rotatable bonds is 3. The highest BCUT2D eigenvalue weighted by Gasteiger charge is 2.30. The van der Waals surface area contributed by atoms with E-state index in [9.17, 15) is 4.79 Å². The molecular weight excluding hydrogens is 226 g/mol. The Kier molecular flexibility index (Phi) is 3.90. The fraction of sp³-hybridized carbons (Fsp3) is 0.533. The van der Waals surface area contributed by atoms with Gasteiger partial charge in [-0.3, -0.25) is 4.79 Å². The van der Waals surface area contributed by atoms with Crippen molar-refractivity contribution in [2.75, 3.05) is 13.7 Å². The van der Waals surface area contributed by atoms with E-state index in [0.29, 0.717) is 6.42 Å². The first kappa shape index (κ1) is 12.9. The van der Waals surface area contributed by atoms with Gasteiger partial charge in [0.25, 0.3) is 0 Å². The van der Waals surface area contributed by atoms with Crippen molar-refractivity contribution >= 4 is 5.91 Å². The van der Waals surface area contributed by atoms with E-state index in [2.05, 4.69) is 13.0 Å². The molecule has 1 aromatic carbocycles. The molecule has 1 fully saturated rings. The molecule has 1 unspecified atom stereocenters. The number of ether oxygens (including phenoxy) is 1. The van der Waals surface area contributed by atoms with E-state index in [0.717, 1.165) is 30.7 Å². The summed E-state index contributed by atoms with van der Waals surface area (Å²) in [5, 5.41) is 0. The van der Waals surface area contributed by atoms with E-state index in [4.69, 9.17) is 4.74 Å². The van der Waals surface area contributed by atoms with Crippen LogP contribution < -0.4 is 4.74 Å². The van der Waals surface area contributed by atoms with Gasteiger partial charge in [0.2, 0.25) is 5.91 Å². The number of hydrogen-bond donors (Lipinski definition) is 0. The molecule has 1 aliphatic heterocycles. The van der Waals surface area contributed by atoms with Crippen LogP contribution in [0.3, 0.4) is 0 Å². The number of benzene rings is 1. The summed E-state index contributed by atoms with van der Waals surface area (Å²) in [6, 6.07) is 6.32. The Bertz CT molecular complexity index is 442. The molecule has 2 rings (SSSR count). The number of methoxy groups -OCH3 is 1. The molecule has 1 aromatic rings. The summed E-state index contributed by atoms with van der Waals surface area (Å²) in [5.41, 5.74) is 2.38. The van der Waals surface area contributed by atoms with Crippen molar-refractivity contribution in [3.8, 4) is 5.75 Å². The molecule has 1 heterocycles. The molecule has 0 spiro atoms. The molecule has 3 heteroatoms. The number of hydrogen-bond acceptors (Lipinski definition) is 2. The monoisotopic (exact) mass is 247 g/mol. The average Bonchev–Trinajstić information content (AvgIpc) is 2.87. The third-order valence-electron chi connectivity index (χ3n) is 3.78. The van der Waals surface area contributed by atoms with Crippen molar-refractivity contribution in [2.45, 2.75) is 39.2 Å². The zero-order valence-corrected chi connectivity index (χ0v) is 11.4. The fourth-order valence-electron chi connectivity index (χ4n) is 2.81. The number of carbonyl (C=O) groups excluding carboxylic acids is 1. The molecule has 0 bridgehead atoms. The van der Waals surface area contributed by atoms with E-state index in [1.54, 1.807) is 7.11 Å². The third kappa shape index (κ3) is 2.22. The Balaban J connectivity index is 2.33. The predicted octanol–water partition coefficient (Wildman–Crippen LogP) is 3.08. The van der Waals surface area contributed by atoms with Crippen LogP contribution >= 0.6 is 0 Å². The summed E-state index contributed by atoms with van der Waals surface area (Å²) < 4.78 is 5.36. The maximum Gasteiger partial charge on any atom is 0.222 e. The second kappa shape index (κ2) is 5.42. The summed E-state index contributed by atoms with van der Waals surface area (Å²) in [7, 11) is 1.69.